The van der Waals surface area contributed by atoms with Gasteiger partial charge in [0.15, 0.2) is 0 Å². The fourth-order valence-corrected chi connectivity index (χ4v) is 2.34. The lowest BCUT2D eigenvalue weighted by atomic mass is 9.93. The van der Waals surface area contributed by atoms with E-state index in [0.717, 1.165) is 29.3 Å². The first-order valence-corrected chi connectivity index (χ1v) is 6.21. The zero-order valence-corrected chi connectivity index (χ0v) is 11.4. The number of rotatable bonds is 5. The van der Waals surface area contributed by atoms with Gasteiger partial charge in [-0.15, -0.1) is 0 Å². The van der Waals surface area contributed by atoms with Crippen LogP contribution < -0.4 is 5.73 Å². The summed E-state index contributed by atoms with van der Waals surface area (Å²) in [6, 6.07) is 0. The van der Waals surface area contributed by atoms with E-state index in [1.54, 1.807) is 0 Å². The Morgan fingerprint density at radius 1 is 1.44 bits per heavy atom. The molecule has 0 amide bonds. The normalized spacial score (nSPS) is 13.4. The molecule has 1 aromatic heterocycles. The lowest BCUT2D eigenvalue weighted by molar-refractivity contribution is 0.407. The molecule has 0 fully saturated rings. The van der Waals surface area contributed by atoms with E-state index >= 15 is 0 Å². The first-order chi connectivity index (χ1) is 7.45. The van der Waals surface area contributed by atoms with Crippen molar-refractivity contribution in [1.82, 2.24) is 9.78 Å². The lowest BCUT2D eigenvalue weighted by Gasteiger charge is -2.17. The Morgan fingerprint density at radius 2 is 2.06 bits per heavy atom. The van der Waals surface area contributed by atoms with Crippen molar-refractivity contribution in [2.24, 2.45) is 24.6 Å². The number of halogens is 1. The van der Waals surface area contributed by atoms with E-state index in [4.69, 9.17) is 17.3 Å². The van der Waals surface area contributed by atoms with Crippen LogP contribution in [0.5, 0.6) is 0 Å². The predicted molar refractivity (Wildman–Crippen MR) is 68.7 cm³/mol. The summed E-state index contributed by atoms with van der Waals surface area (Å²) in [4.78, 5) is 0. The second-order valence-corrected chi connectivity index (χ2v) is 5.28. The van der Waals surface area contributed by atoms with Gasteiger partial charge in [0, 0.05) is 7.05 Å². The van der Waals surface area contributed by atoms with Crippen molar-refractivity contribution >= 4 is 11.6 Å². The zero-order chi connectivity index (χ0) is 12.3. The highest BCUT2D eigenvalue weighted by atomic mass is 35.5. The van der Waals surface area contributed by atoms with Crippen molar-refractivity contribution in [2.75, 3.05) is 6.54 Å². The average Bonchev–Trinajstić information content (AvgIpc) is 2.43. The van der Waals surface area contributed by atoms with Gasteiger partial charge in [-0.25, -0.2) is 0 Å². The van der Waals surface area contributed by atoms with Crippen molar-refractivity contribution in [3.8, 4) is 0 Å². The summed E-state index contributed by atoms with van der Waals surface area (Å²) in [5, 5.41) is 5.12. The van der Waals surface area contributed by atoms with Crippen LogP contribution in [0, 0.1) is 18.8 Å². The van der Waals surface area contributed by atoms with Gasteiger partial charge in [0.2, 0.25) is 0 Å². The highest BCUT2D eigenvalue weighted by Crippen LogP contribution is 2.24. The predicted octanol–water partition coefficient (Wildman–Crippen LogP) is 2.55. The summed E-state index contributed by atoms with van der Waals surface area (Å²) in [6.45, 7) is 7.09. The summed E-state index contributed by atoms with van der Waals surface area (Å²) in [6.07, 6.45) is 2.06. The smallest absolute Gasteiger partial charge is 0.0847 e. The minimum Gasteiger partial charge on any atom is -0.330 e. The van der Waals surface area contributed by atoms with E-state index in [2.05, 4.69) is 18.9 Å². The van der Waals surface area contributed by atoms with Crippen LogP contribution in [0.2, 0.25) is 5.02 Å². The molecule has 0 spiro atoms. The van der Waals surface area contributed by atoms with Gasteiger partial charge in [-0.1, -0.05) is 25.4 Å². The van der Waals surface area contributed by atoms with Crippen molar-refractivity contribution in [3.63, 3.8) is 0 Å². The fourth-order valence-electron chi connectivity index (χ4n) is 2.10. The number of hydrogen-bond donors (Lipinski definition) is 1. The highest BCUT2D eigenvalue weighted by molar-refractivity contribution is 6.31. The van der Waals surface area contributed by atoms with E-state index < -0.39 is 0 Å². The average molecular weight is 244 g/mol. The third-order valence-electron chi connectivity index (χ3n) is 2.88. The quantitative estimate of drug-likeness (QED) is 0.864. The molecule has 0 aliphatic rings. The topological polar surface area (TPSA) is 43.8 Å². The van der Waals surface area contributed by atoms with Crippen molar-refractivity contribution in [2.45, 2.75) is 33.6 Å². The molecule has 1 rings (SSSR count). The summed E-state index contributed by atoms with van der Waals surface area (Å²) in [7, 11) is 1.94. The molecule has 0 aliphatic carbocycles. The van der Waals surface area contributed by atoms with E-state index in [1.165, 1.54) is 0 Å². The standard InChI is InChI=1S/C12H22ClN3/c1-8(2)5-10(7-14)6-11-12(13)9(3)15-16(11)4/h8,10H,5-7,14H2,1-4H3. The molecule has 16 heavy (non-hydrogen) atoms. The number of nitrogens with zero attached hydrogens (tertiary/aromatic N) is 2. The molecule has 3 nitrogen and oxygen atoms in total. The first kappa shape index (κ1) is 13.5. The number of nitrogens with two attached hydrogens (primary N) is 1. The summed E-state index contributed by atoms with van der Waals surface area (Å²) in [5.74, 6) is 1.16. The van der Waals surface area contributed by atoms with Crippen molar-refractivity contribution < 1.29 is 0 Å². The third-order valence-corrected chi connectivity index (χ3v) is 3.37. The Hall–Kier alpha value is -0.540. The Kier molecular flexibility index (Phi) is 4.81. The summed E-state index contributed by atoms with van der Waals surface area (Å²) in [5.41, 5.74) is 7.81. The van der Waals surface area contributed by atoms with Gasteiger partial charge in [-0.3, -0.25) is 4.68 Å². The van der Waals surface area contributed by atoms with Crippen LogP contribution in [0.25, 0.3) is 0 Å². The van der Waals surface area contributed by atoms with E-state index in [9.17, 15) is 0 Å². The lowest BCUT2D eigenvalue weighted by Crippen LogP contribution is -2.20. The van der Waals surface area contributed by atoms with Gasteiger partial charge in [-0.2, -0.15) is 5.10 Å². The Balaban J connectivity index is 2.77. The maximum Gasteiger partial charge on any atom is 0.0847 e. The van der Waals surface area contributed by atoms with Crippen LogP contribution in [-0.4, -0.2) is 16.3 Å². The minimum absolute atomic E-state index is 0.493. The van der Waals surface area contributed by atoms with Gasteiger partial charge >= 0.3 is 0 Å². The molecule has 1 aromatic rings. The molecule has 0 aromatic carbocycles. The Bertz CT molecular complexity index is 344. The van der Waals surface area contributed by atoms with Gasteiger partial charge in [0.25, 0.3) is 0 Å². The number of aromatic nitrogens is 2. The van der Waals surface area contributed by atoms with E-state index in [0.29, 0.717) is 18.4 Å². The number of aryl methyl sites for hydroxylation is 2. The molecule has 0 bridgehead atoms. The fraction of sp³-hybridized carbons (Fsp3) is 0.750. The highest BCUT2D eigenvalue weighted by Gasteiger charge is 2.16. The molecular formula is C12H22ClN3. The van der Waals surface area contributed by atoms with Gasteiger partial charge in [0.05, 0.1) is 16.4 Å². The molecule has 4 heteroatoms. The van der Waals surface area contributed by atoms with Crippen LogP contribution in [0.1, 0.15) is 31.7 Å². The van der Waals surface area contributed by atoms with Crippen LogP contribution in [-0.2, 0) is 13.5 Å². The molecule has 0 saturated heterocycles. The van der Waals surface area contributed by atoms with Gasteiger partial charge in [0.1, 0.15) is 0 Å². The second kappa shape index (κ2) is 5.69. The second-order valence-electron chi connectivity index (χ2n) is 4.91. The number of hydrogen-bond acceptors (Lipinski definition) is 2. The van der Waals surface area contributed by atoms with Crippen LogP contribution in [0.15, 0.2) is 0 Å². The maximum atomic E-state index is 6.23. The summed E-state index contributed by atoms with van der Waals surface area (Å²) < 4.78 is 1.88. The first-order valence-electron chi connectivity index (χ1n) is 5.83. The molecule has 0 radical (unpaired) electrons. The van der Waals surface area contributed by atoms with Gasteiger partial charge in [-0.05, 0) is 38.1 Å². The van der Waals surface area contributed by atoms with Gasteiger partial charge < -0.3 is 5.73 Å². The Morgan fingerprint density at radius 3 is 2.44 bits per heavy atom. The Labute approximate surface area is 103 Å². The molecule has 0 saturated carbocycles. The van der Waals surface area contributed by atoms with Crippen LogP contribution in [0.4, 0.5) is 0 Å². The van der Waals surface area contributed by atoms with E-state index in [-0.39, 0.29) is 0 Å². The minimum atomic E-state index is 0.493. The van der Waals surface area contributed by atoms with E-state index in [1.807, 2.05) is 18.7 Å². The molecule has 0 aliphatic heterocycles. The molecule has 2 N–H and O–H groups in total. The van der Waals surface area contributed by atoms with Crippen molar-refractivity contribution in [3.05, 3.63) is 16.4 Å². The maximum absolute atomic E-state index is 6.23. The zero-order valence-electron chi connectivity index (χ0n) is 10.6. The molecule has 1 unspecified atom stereocenters. The third kappa shape index (κ3) is 3.22. The molecule has 92 valence electrons. The molecule has 1 heterocycles. The van der Waals surface area contributed by atoms with Crippen LogP contribution >= 0.6 is 11.6 Å². The largest absolute Gasteiger partial charge is 0.330 e. The van der Waals surface area contributed by atoms with Crippen molar-refractivity contribution in [1.29, 1.82) is 0 Å². The SMILES string of the molecule is Cc1nn(C)c(CC(CN)CC(C)C)c1Cl. The van der Waals surface area contributed by atoms with Crippen LogP contribution in [0.3, 0.4) is 0 Å². The monoisotopic (exact) mass is 243 g/mol. The summed E-state index contributed by atoms with van der Waals surface area (Å²) >= 11 is 6.23. The molecule has 1 atom stereocenters. The molecular weight excluding hydrogens is 222 g/mol.